The third kappa shape index (κ3) is 5.48. The first-order valence-electron chi connectivity index (χ1n) is 12.7. The van der Waals surface area contributed by atoms with Crippen LogP contribution in [0.3, 0.4) is 0 Å². The van der Waals surface area contributed by atoms with E-state index in [2.05, 4.69) is 22.2 Å². The highest BCUT2D eigenvalue weighted by molar-refractivity contribution is 7.19. The topological polar surface area (TPSA) is 93.6 Å². The summed E-state index contributed by atoms with van der Waals surface area (Å²) in [6, 6.07) is 0. The summed E-state index contributed by atoms with van der Waals surface area (Å²) in [6.07, 6.45) is 8.92. The zero-order valence-electron chi connectivity index (χ0n) is 21.1. The van der Waals surface area contributed by atoms with Gasteiger partial charge in [0.2, 0.25) is 5.88 Å². The molecule has 34 heavy (non-hydrogen) atoms. The molecule has 1 saturated carbocycles. The molecular weight excluding hydrogens is 450 g/mol. The molecular formula is C26H39N3O4S. The lowest BCUT2D eigenvalue weighted by atomic mass is 9.78. The van der Waals surface area contributed by atoms with Crippen LogP contribution >= 0.6 is 11.3 Å². The van der Waals surface area contributed by atoms with Crippen molar-refractivity contribution < 1.29 is 19.4 Å². The van der Waals surface area contributed by atoms with Crippen molar-refractivity contribution in [2.24, 2.45) is 0 Å². The standard InChI is InChI=1S/C26H39N3O4S/c1-6-17(30)14-16-8-9-19-20(16)21-22(27-15-28-23(21)34-19)32-18-10-12-26(7-2,13-11-18)29-24(31)33-25(3,4)5/h15-18,30H,6-14H2,1-5H3,(H,29,31)/t16-,17-,18?,26?/m1/s1. The zero-order valence-corrected chi connectivity index (χ0v) is 22.0. The van der Waals surface area contributed by atoms with E-state index in [4.69, 9.17) is 9.47 Å². The molecule has 188 valence electrons. The minimum Gasteiger partial charge on any atom is -0.474 e. The summed E-state index contributed by atoms with van der Waals surface area (Å²) in [4.78, 5) is 23.9. The van der Waals surface area contributed by atoms with E-state index in [-0.39, 0.29) is 23.8 Å². The summed E-state index contributed by atoms with van der Waals surface area (Å²) >= 11 is 1.74. The van der Waals surface area contributed by atoms with Crippen molar-refractivity contribution in [1.82, 2.24) is 15.3 Å². The average Bonchev–Trinajstić information content (AvgIpc) is 3.34. The third-order valence-corrected chi connectivity index (χ3v) is 8.51. The molecule has 0 unspecified atom stereocenters. The number of carbonyl (C=O) groups excluding carboxylic acids is 1. The van der Waals surface area contributed by atoms with Crippen LogP contribution < -0.4 is 10.1 Å². The maximum atomic E-state index is 12.4. The van der Waals surface area contributed by atoms with E-state index < -0.39 is 5.60 Å². The van der Waals surface area contributed by atoms with Gasteiger partial charge in [0.15, 0.2) is 0 Å². The maximum Gasteiger partial charge on any atom is 0.408 e. The van der Waals surface area contributed by atoms with Gasteiger partial charge in [-0.25, -0.2) is 14.8 Å². The zero-order chi connectivity index (χ0) is 24.5. The van der Waals surface area contributed by atoms with Crippen LogP contribution in [0.4, 0.5) is 4.79 Å². The minimum absolute atomic E-state index is 0.0508. The van der Waals surface area contributed by atoms with Gasteiger partial charge >= 0.3 is 6.09 Å². The molecule has 7 nitrogen and oxygen atoms in total. The first-order valence-corrected chi connectivity index (χ1v) is 13.6. The van der Waals surface area contributed by atoms with E-state index in [9.17, 15) is 9.90 Å². The van der Waals surface area contributed by atoms with Crippen LogP contribution in [0.5, 0.6) is 5.88 Å². The minimum atomic E-state index is -0.510. The Morgan fingerprint density at radius 1 is 1.26 bits per heavy atom. The van der Waals surface area contributed by atoms with Crippen LogP contribution in [-0.4, -0.2) is 44.5 Å². The van der Waals surface area contributed by atoms with E-state index in [0.29, 0.717) is 11.8 Å². The van der Waals surface area contributed by atoms with Crippen molar-refractivity contribution in [3.05, 3.63) is 16.8 Å². The van der Waals surface area contributed by atoms with Gasteiger partial charge in [0.25, 0.3) is 0 Å². The Morgan fingerprint density at radius 3 is 2.65 bits per heavy atom. The number of fused-ring (bicyclic) bond motifs is 3. The number of alkyl carbamates (subject to hydrolysis) is 1. The number of ether oxygens (including phenoxy) is 2. The highest BCUT2D eigenvalue weighted by Crippen LogP contribution is 2.48. The predicted octanol–water partition coefficient (Wildman–Crippen LogP) is 5.88. The first-order chi connectivity index (χ1) is 16.1. The van der Waals surface area contributed by atoms with Gasteiger partial charge < -0.3 is 19.9 Å². The van der Waals surface area contributed by atoms with Crippen molar-refractivity contribution in [1.29, 1.82) is 0 Å². The monoisotopic (exact) mass is 489 g/mol. The van der Waals surface area contributed by atoms with Gasteiger partial charge in [0.1, 0.15) is 22.9 Å². The summed E-state index contributed by atoms with van der Waals surface area (Å²) in [7, 11) is 0. The molecule has 2 aromatic heterocycles. The highest BCUT2D eigenvalue weighted by atomic mass is 32.1. The SMILES string of the molecule is CC[C@@H](O)C[C@H]1CCc2sc3ncnc(OC4CCC(CC)(NC(=O)OC(C)(C)C)CC4)c3c21. The molecule has 2 N–H and O–H groups in total. The molecule has 0 aromatic carbocycles. The van der Waals surface area contributed by atoms with Gasteiger partial charge in [-0.05, 0) is 90.0 Å². The summed E-state index contributed by atoms with van der Waals surface area (Å²) in [6.45, 7) is 9.79. The Bertz CT molecular complexity index is 1010. The van der Waals surface area contributed by atoms with E-state index in [1.54, 1.807) is 17.7 Å². The highest BCUT2D eigenvalue weighted by Gasteiger charge is 2.38. The van der Waals surface area contributed by atoms with Gasteiger partial charge in [-0.2, -0.15) is 0 Å². The Kier molecular flexibility index (Phi) is 7.38. The fourth-order valence-electron chi connectivity index (χ4n) is 5.37. The normalized spacial score (nSPS) is 25.7. The number of carbonyl (C=O) groups is 1. The molecule has 0 radical (unpaired) electrons. The first kappa shape index (κ1) is 25.2. The summed E-state index contributed by atoms with van der Waals surface area (Å²) < 4.78 is 12.0. The molecule has 2 aliphatic carbocycles. The Hall–Kier alpha value is -1.93. The number of aliphatic hydroxyl groups is 1. The Labute approximate surface area is 206 Å². The molecule has 2 aromatic rings. The van der Waals surface area contributed by atoms with Gasteiger partial charge in [-0.3, -0.25) is 0 Å². The van der Waals surface area contributed by atoms with Crippen LogP contribution in [-0.2, 0) is 11.2 Å². The molecule has 0 bridgehead atoms. The van der Waals surface area contributed by atoms with Gasteiger partial charge in [0.05, 0.1) is 11.5 Å². The lowest BCUT2D eigenvalue weighted by molar-refractivity contribution is 0.0355. The molecule has 0 saturated heterocycles. The quantitative estimate of drug-likeness (QED) is 0.505. The number of nitrogens with zero attached hydrogens (tertiary/aromatic N) is 2. The number of hydrogen-bond acceptors (Lipinski definition) is 7. The predicted molar refractivity (Wildman–Crippen MR) is 135 cm³/mol. The number of thiophene rings is 1. The maximum absolute atomic E-state index is 12.4. The fraction of sp³-hybridized carbons (Fsp3) is 0.731. The second kappa shape index (κ2) is 9.97. The van der Waals surface area contributed by atoms with Crippen LogP contribution in [0.2, 0.25) is 0 Å². The molecule has 0 aliphatic heterocycles. The van der Waals surface area contributed by atoms with Crippen molar-refractivity contribution in [3.8, 4) is 5.88 Å². The smallest absolute Gasteiger partial charge is 0.408 e. The molecule has 8 heteroatoms. The number of hydrogen-bond donors (Lipinski definition) is 2. The van der Waals surface area contributed by atoms with Gasteiger partial charge in [0, 0.05) is 10.4 Å². The molecule has 1 amide bonds. The lowest BCUT2D eigenvalue weighted by Gasteiger charge is -2.40. The van der Waals surface area contributed by atoms with Crippen molar-refractivity contribution >= 4 is 27.6 Å². The molecule has 0 spiro atoms. The van der Waals surface area contributed by atoms with E-state index >= 15 is 0 Å². The second-order valence-corrected chi connectivity index (χ2v) is 12.0. The van der Waals surface area contributed by atoms with Gasteiger partial charge in [-0.15, -0.1) is 11.3 Å². The van der Waals surface area contributed by atoms with Crippen molar-refractivity contribution in [2.75, 3.05) is 0 Å². The van der Waals surface area contributed by atoms with Crippen LogP contribution in [0.25, 0.3) is 10.2 Å². The van der Waals surface area contributed by atoms with E-state index in [1.165, 1.54) is 10.4 Å². The number of aliphatic hydroxyl groups excluding tert-OH is 1. The number of aryl methyl sites for hydroxylation is 1. The number of rotatable bonds is 7. The lowest BCUT2D eigenvalue weighted by Crippen LogP contribution is -2.52. The fourth-order valence-corrected chi connectivity index (χ4v) is 6.60. The largest absolute Gasteiger partial charge is 0.474 e. The summed E-state index contributed by atoms with van der Waals surface area (Å²) in [5, 5.41) is 14.5. The van der Waals surface area contributed by atoms with E-state index in [1.807, 2.05) is 27.7 Å². The molecule has 2 aliphatic rings. The summed E-state index contributed by atoms with van der Waals surface area (Å²) in [5.41, 5.74) is 0.533. The van der Waals surface area contributed by atoms with Crippen molar-refractivity contribution in [2.45, 2.75) is 122 Å². The summed E-state index contributed by atoms with van der Waals surface area (Å²) in [5.74, 6) is 1.01. The number of aromatic nitrogens is 2. The second-order valence-electron chi connectivity index (χ2n) is 10.9. The number of amides is 1. The third-order valence-electron chi connectivity index (χ3n) is 7.33. The Balaban J connectivity index is 1.47. The molecule has 2 atom stereocenters. The molecule has 2 heterocycles. The molecule has 1 fully saturated rings. The van der Waals surface area contributed by atoms with Crippen molar-refractivity contribution in [3.63, 3.8) is 0 Å². The number of nitrogens with one attached hydrogen (secondary N) is 1. The van der Waals surface area contributed by atoms with Crippen LogP contribution in [0.1, 0.15) is 102 Å². The van der Waals surface area contributed by atoms with Gasteiger partial charge in [-0.1, -0.05) is 13.8 Å². The molecule has 4 rings (SSSR count). The van der Waals surface area contributed by atoms with Crippen LogP contribution in [0.15, 0.2) is 6.33 Å². The average molecular weight is 490 g/mol. The van der Waals surface area contributed by atoms with E-state index in [0.717, 1.165) is 68.0 Å². The van der Waals surface area contributed by atoms with Crippen LogP contribution in [0, 0.1) is 0 Å². The Morgan fingerprint density at radius 2 is 2.00 bits per heavy atom.